The fraction of sp³-hybridized carbons (Fsp3) is 0.0476. The quantitative estimate of drug-likeness (QED) is 0.223. The molecule has 0 saturated carbocycles. The fourth-order valence-corrected chi connectivity index (χ4v) is 3.32. The van der Waals surface area contributed by atoms with Gasteiger partial charge in [0.05, 0.1) is 5.75 Å². The van der Waals surface area contributed by atoms with Crippen LogP contribution in [0.25, 0.3) is 6.08 Å². The van der Waals surface area contributed by atoms with Crippen LogP contribution >= 0.6 is 23.4 Å². The van der Waals surface area contributed by atoms with Crippen LogP contribution in [0.15, 0.2) is 70.6 Å². The van der Waals surface area contributed by atoms with Gasteiger partial charge in [0.1, 0.15) is 5.82 Å². The summed E-state index contributed by atoms with van der Waals surface area (Å²) < 4.78 is 0. The first-order valence-corrected chi connectivity index (χ1v) is 10.1. The highest BCUT2D eigenvalue weighted by Crippen LogP contribution is 2.18. The Labute approximate surface area is 181 Å². The van der Waals surface area contributed by atoms with E-state index in [2.05, 4.69) is 15.3 Å². The van der Waals surface area contributed by atoms with E-state index in [0.29, 0.717) is 16.3 Å². The van der Waals surface area contributed by atoms with Gasteiger partial charge in [-0.25, -0.2) is 4.98 Å². The Morgan fingerprint density at radius 3 is 2.60 bits per heavy atom. The molecule has 1 heterocycles. The first-order valence-electron chi connectivity index (χ1n) is 8.77. The van der Waals surface area contributed by atoms with Gasteiger partial charge in [0.25, 0.3) is 5.56 Å². The Bertz CT molecular complexity index is 1160. The average molecular weight is 441 g/mol. The molecule has 0 atom stereocenters. The molecule has 0 aliphatic carbocycles. The van der Waals surface area contributed by atoms with Crippen LogP contribution < -0.4 is 16.6 Å². The number of carbonyl (C=O) groups excluding carboxylic acids is 2. The molecule has 152 valence electrons. The molecule has 0 aliphatic rings. The summed E-state index contributed by atoms with van der Waals surface area (Å²) in [5.41, 5.74) is 6.90. The molecule has 4 N–H and O–H groups in total. The molecule has 9 heteroatoms. The fourth-order valence-electron chi connectivity index (χ4n) is 2.44. The van der Waals surface area contributed by atoms with Crippen molar-refractivity contribution in [1.82, 2.24) is 9.97 Å². The molecule has 3 rings (SSSR count). The van der Waals surface area contributed by atoms with Gasteiger partial charge in [0.2, 0.25) is 5.91 Å². The van der Waals surface area contributed by atoms with E-state index in [1.54, 1.807) is 36.4 Å². The molecule has 0 saturated heterocycles. The Morgan fingerprint density at radius 1 is 1.17 bits per heavy atom. The van der Waals surface area contributed by atoms with Crippen LogP contribution in [0, 0.1) is 0 Å². The SMILES string of the molecule is Nc1cc(=O)[nH]c(SCC(=O)Nc2ccc(C(=O)/C=C/c3ccccc3Cl)cc2)n1. The zero-order valence-electron chi connectivity index (χ0n) is 15.6. The normalized spacial score (nSPS) is 10.8. The number of aromatic amines is 1. The van der Waals surface area contributed by atoms with Crippen molar-refractivity contribution in [2.24, 2.45) is 0 Å². The molecule has 2 aromatic carbocycles. The number of nitrogens with one attached hydrogen (secondary N) is 2. The Hall–Kier alpha value is -3.36. The third-order valence-corrected chi connectivity index (χ3v) is 5.07. The third-order valence-electron chi connectivity index (χ3n) is 3.85. The molecule has 0 bridgehead atoms. The molecular formula is C21H17ClN4O3S. The van der Waals surface area contributed by atoms with Crippen molar-refractivity contribution in [2.75, 3.05) is 16.8 Å². The van der Waals surface area contributed by atoms with Gasteiger partial charge >= 0.3 is 0 Å². The van der Waals surface area contributed by atoms with Gasteiger partial charge in [-0.2, -0.15) is 0 Å². The minimum Gasteiger partial charge on any atom is -0.383 e. The van der Waals surface area contributed by atoms with Gasteiger partial charge in [-0.15, -0.1) is 0 Å². The molecule has 1 amide bonds. The van der Waals surface area contributed by atoms with Crippen LogP contribution in [0.3, 0.4) is 0 Å². The van der Waals surface area contributed by atoms with Crippen LogP contribution in [0.1, 0.15) is 15.9 Å². The Morgan fingerprint density at radius 2 is 1.90 bits per heavy atom. The Balaban J connectivity index is 1.56. The first kappa shape index (κ1) is 21.4. The van der Waals surface area contributed by atoms with Crippen molar-refractivity contribution in [3.05, 3.63) is 87.2 Å². The monoisotopic (exact) mass is 440 g/mol. The summed E-state index contributed by atoms with van der Waals surface area (Å²) in [7, 11) is 0. The number of halogens is 1. The maximum atomic E-state index is 12.3. The van der Waals surface area contributed by atoms with Crippen LogP contribution in [0.5, 0.6) is 0 Å². The number of rotatable bonds is 7. The molecule has 3 aromatic rings. The summed E-state index contributed by atoms with van der Waals surface area (Å²) in [6.07, 6.45) is 3.11. The first-order chi connectivity index (χ1) is 14.4. The van der Waals surface area contributed by atoms with Crippen LogP contribution in [0.2, 0.25) is 5.02 Å². The highest BCUT2D eigenvalue weighted by Gasteiger charge is 2.08. The molecule has 0 aliphatic heterocycles. The maximum absolute atomic E-state index is 12.3. The van der Waals surface area contributed by atoms with Crippen molar-refractivity contribution >= 4 is 52.6 Å². The standard InChI is InChI=1S/C21H17ClN4O3S/c22-16-4-2-1-3-13(16)7-10-17(27)14-5-8-15(9-6-14)24-20(29)12-30-21-25-18(23)11-19(28)26-21/h1-11H,12H2,(H,24,29)(H3,23,25,26,28)/b10-7+. The van der Waals surface area contributed by atoms with E-state index < -0.39 is 0 Å². The maximum Gasteiger partial charge on any atom is 0.253 e. The Kier molecular flexibility index (Phi) is 7.05. The number of ketones is 1. The second-order valence-electron chi connectivity index (χ2n) is 6.11. The number of H-pyrrole nitrogens is 1. The molecule has 0 fully saturated rings. The second kappa shape index (κ2) is 9.91. The number of benzene rings is 2. The predicted octanol–water partition coefficient (Wildman–Crippen LogP) is 3.63. The lowest BCUT2D eigenvalue weighted by atomic mass is 10.1. The number of nitrogens with two attached hydrogens (primary N) is 1. The van der Waals surface area contributed by atoms with Crippen molar-refractivity contribution < 1.29 is 9.59 Å². The topological polar surface area (TPSA) is 118 Å². The number of hydrogen-bond donors (Lipinski definition) is 3. The van der Waals surface area contributed by atoms with Gasteiger partial charge in [-0.3, -0.25) is 14.4 Å². The summed E-state index contributed by atoms with van der Waals surface area (Å²) in [5, 5.41) is 3.55. The van der Waals surface area contributed by atoms with Gasteiger partial charge in [0.15, 0.2) is 10.9 Å². The molecule has 0 unspecified atom stereocenters. The van der Waals surface area contributed by atoms with Crippen molar-refractivity contribution in [2.45, 2.75) is 5.16 Å². The van der Waals surface area contributed by atoms with E-state index in [1.807, 2.05) is 18.2 Å². The summed E-state index contributed by atoms with van der Waals surface area (Å²) in [6.45, 7) is 0. The van der Waals surface area contributed by atoms with Crippen LogP contribution in [0.4, 0.5) is 11.5 Å². The van der Waals surface area contributed by atoms with Crippen LogP contribution in [-0.4, -0.2) is 27.4 Å². The number of carbonyl (C=O) groups is 2. The minimum absolute atomic E-state index is 0.0354. The minimum atomic E-state index is -0.380. The number of hydrogen-bond acceptors (Lipinski definition) is 6. The van der Waals surface area contributed by atoms with E-state index in [1.165, 1.54) is 6.08 Å². The summed E-state index contributed by atoms with van der Waals surface area (Å²) in [4.78, 5) is 42.2. The summed E-state index contributed by atoms with van der Waals surface area (Å²) in [6, 6.07) is 14.9. The lowest BCUT2D eigenvalue weighted by Gasteiger charge is -2.06. The van der Waals surface area contributed by atoms with E-state index >= 15 is 0 Å². The number of nitrogen functional groups attached to an aromatic ring is 1. The molecule has 1 aromatic heterocycles. The number of aromatic nitrogens is 2. The number of allylic oxidation sites excluding steroid dienone is 1. The second-order valence-corrected chi connectivity index (χ2v) is 7.48. The number of thioether (sulfide) groups is 1. The lowest BCUT2D eigenvalue weighted by Crippen LogP contribution is -2.15. The van der Waals surface area contributed by atoms with E-state index in [4.69, 9.17) is 17.3 Å². The molecule has 0 radical (unpaired) electrons. The van der Waals surface area contributed by atoms with Crippen LogP contribution in [-0.2, 0) is 4.79 Å². The predicted molar refractivity (Wildman–Crippen MR) is 120 cm³/mol. The third kappa shape index (κ3) is 6.07. The zero-order valence-corrected chi connectivity index (χ0v) is 17.2. The van der Waals surface area contributed by atoms with Gasteiger partial charge in [-0.05, 0) is 48.0 Å². The van der Waals surface area contributed by atoms with Gasteiger partial charge in [0, 0.05) is 22.3 Å². The number of anilines is 2. The summed E-state index contributed by atoms with van der Waals surface area (Å²) in [5.74, 6) is -0.346. The van der Waals surface area contributed by atoms with E-state index in [9.17, 15) is 14.4 Å². The van der Waals surface area contributed by atoms with Gasteiger partial charge in [-0.1, -0.05) is 41.6 Å². The largest absolute Gasteiger partial charge is 0.383 e. The number of amides is 1. The van der Waals surface area contributed by atoms with Crippen molar-refractivity contribution in [3.63, 3.8) is 0 Å². The average Bonchev–Trinajstić information content (AvgIpc) is 2.71. The zero-order chi connectivity index (χ0) is 21.5. The van der Waals surface area contributed by atoms with E-state index in [0.717, 1.165) is 23.4 Å². The number of nitrogens with zero attached hydrogens (tertiary/aromatic N) is 1. The van der Waals surface area contributed by atoms with E-state index in [-0.39, 0.29) is 34.0 Å². The molecular weight excluding hydrogens is 424 g/mol. The molecule has 30 heavy (non-hydrogen) atoms. The van der Waals surface area contributed by atoms with Gasteiger partial charge < -0.3 is 16.0 Å². The smallest absolute Gasteiger partial charge is 0.253 e. The summed E-state index contributed by atoms with van der Waals surface area (Å²) >= 11 is 7.13. The molecule has 7 nitrogen and oxygen atoms in total. The highest BCUT2D eigenvalue weighted by atomic mass is 35.5. The lowest BCUT2D eigenvalue weighted by molar-refractivity contribution is -0.113. The van der Waals surface area contributed by atoms with Crippen molar-refractivity contribution in [3.8, 4) is 0 Å². The van der Waals surface area contributed by atoms with Crippen molar-refractivity contribution in [1.29, 1.82) is 0 Å². The highest BCUT2D eigenvalue weighted by molar-refractivity contribution is 7.99. The molecule has 0 spiro atoms.